The summed E-state index contributed by atoms with van der Waals surface area (Å²) in [4.78, 5) is 0. The van der Waals surface area contributed by atoms with Gasteiger partial charge in [-0.2, -0.15) is 0 Å². The molecule has 2 aromatic rings. The molecule has 2 rings (SSSR count). The second-order valence-corrected chi connectivity index (χ2v) is 6.03. The molecule has 0 fully saturated rings. The summed E-state index contributed by atoms with van der Waals surface area (Å²) < 4.78 is 10.7. The van der Waals surface area contributed by atoms with E-state index in [9.17, 15) is 0 Å². The summed E-state index contributed by atoms with van der Waals surface area (Å²) in [5.74, 6) is 1.78. The maximum Gasteiger partial charge on any atom is 0.122 e. The molecule has 23 heavy (non-hydrogen) atoms. The molecule has 124 valence electrons. The van der Waals surface area contributed by atoms with Crippen LogP contribution in [0.5, 0.6) is 11.5 Å². The highest BCUT2D eigenvalue weighted by Crippen LogP contribution is 2.25. The number of hydrogen-bond donors (Lipinski definition) is 1. The van der Waals surface area contributed by atoms with Gasteiger partial charge in [-0.05, 0) is 73.3 Å². The Kier molecular flexibility index (Phi) is 6.75. The molecule has 0 aliphatic carbocycles. The van der Waals surface area contributed by atoms with Crippen LogP contribution in [0.3, 0.4) is 0 Å². The van der Waals surface area contributed by atoms with Crippen LogP contribution in [0, 0.1) is 6.92 Å². The summed E-state index contributed by atoms with van der Waals surface area (Å²) >= 11 is 6.08. The Morgan fingerprint density at radius 2 is 1.87 bits per heavy atom. The minimum atomic E-state index is 0.794. The van der Waals surface area contributed by atoms with Crippen molar-refractivity contribution in [2.75, 3.05) is 20.8 Å². The Morgan fingerprint density at radius 3 is 2.57 bits per heavy atom. The molecule has 0 heterocycles. The van der Waals surface area contributed by atoms with Gasteiger partial charge in [-0.15, -0.1) is 0 Å². The molecule has 0 saturated carbocycles. The van der Waals surface area contributed by atoms with E-state index in [1.165, 1.54) is 16.7 Å². The Balaban J connectivity index is 1.81. The molecule has 0 amide bonds. The summed E-state index contributed by atoms with van der Waals surface area (Å²) in [6, 6.07) is 12.0. The number of rotatable bonds is 8. The van der Waals surface area contributed by atoms with Crippen molar-refractivity contribution in [2.45, 2.75) is 26.3 Å². The van der Waals surface area contributed by atoms with Gasteiger partial charge in [0.25, 0.3) is 0 Å². The normalized spacial score (nSPS) is 10.6. The van der Waals surface area contributed by atoms with E-state index >= 15 is 0 Å². The van der Waals surface area contributed by atoms with E-state index in [0.717, 1.165) is 42.5 Å². The van der Waals surface area contributed by atoms with Crippen molar-refractivity contribution >= 4 is 11.6 Å². The third-order valence-corrected chi connectivity index (χ3v) is 3.94. The third kappa shape index (κ3) is 5.45. The number of benzene rings is 2. The molecule has 3 nitrogen and oxygen atoms in total. The molecule has 0 aromatic heterocycles. The van der Waals surface area contributed by atoms with Gasteiger partial charge in [-0.1, -0.05) is 17.7 Å². The fourth-order valence-corrected chi connectivity index (χ4v) is 2.94. The van der Waals surface area contributed by atoms with E-state index in [0.29, 0.717) is 0 Å². The fourth-order valence-electron chi connectivity index (χ4n) is 2.63. The first-order chi connectivity index (χ1) is 11.1. The smallest absolute Gasteiger partial charge is 0.122 e. The lowest BCUT2D eigenvalue weighted by Crippen LogP contribution is -2.15. The summed E-state index contributed by atoms with van der Waals surface area (Å²) in [7, 11) is 3.38. The van der Waals surface area contributed by atoms with Crippen molar-refractivity contribution in [3.8, 4) is 11.5 Å². The number of aryl methyl sites for hydroxylation is 2. The summed E-state index contributed by atoms with van der Waals surface area (Å²) in [5.41, 5.74) is 3.58. The van der Waals surface area contributed by atoms with Crippen molar-refractivity contribution < 1.29 is 9.47 Å². The predicted octanol–water partition coefficient (Wildman–Crippen LogP) is 4.39. The minimum absolute atomic E-state index is 0.794. The predicted molar refractivity (Wildman–Crippen MR) is 95.8 cm³/mol. The lowest BCUT2D eigenvalue weighted by atomic mass is 10.1. The van der Waals surface area contributed by atoms with Crippen LogP contribution in [0.1, 0.15) is 23.1 Å². The van der Waals surface area contributed by atoms with E-state index in [-0.39, 0.29) is 0 Å². The maximum absolute atomic E-state index is 6.08. The van der Waals surface area contributed by atoms with E-state index in [1.54, 1.807) is 14.2 Å². The van der Waals surface area contributed by atoms with Crippen LogP contribution in [0.4, 0.5) is 0 Å². The number of halogens is 1. The number of ether oxygens (including phenoxy) is 2. The van der Waals surface area contributed by atoms with Crippen LogP contribution in [-0.2, 0) is 13.0 Å². The van der Waals surface area contributed by atoms with Gasteiger partial charge in [0.2, 0.25) is 0 Å². The standard InChI is InChI=1S/C19H24ClNO2/c1-14-9-15(11-17(20)10-14)13-21-8-4-5-16-12-18(22-2)6-7-19(16)23-3/h6-7,9-12,21H,4-5,8,13H2,1-3H3. The number of hydrogen-bond acceptors (Lipinski definition) is 3. The molecule has 0 bridgehead atoms. The minimum Gasteiger partial charge on any atom is -0.497 e. The van der Waals surface area contributed by atoms with Crippen molar-refractivity contribution in [2.24, 2.45) is 0 Å². The molecule has 0 aliphatic rings. The zero-order chi connectivity index (χ0) is 16.7. The van der Waals surface area contributed by atoms with Gasteiger partial charge >= 0.3 is 0 Å². The summed E-state index contributed by atoms with van der Waals surface area (Å²) in [5, 5.41) is 4.26. The van der Waals surface area contributed by atoms with Gasteiger partial charge in [0.15, 0.2) is 0 Å². The van der Waals surface area contributed by atoms with Crippen molar-refractivity contribution in [1.29, 1.82) is 0 Å². The highest BCUT2D eigenvalue weighted by atomic mass is 35.5. The quantitative estimate of drug-likeness (QED) is 0.727. The third-order valence-electron chi connectivity index (χ3n) is 3.72. The van der Waals surface area contributed by atoms with E-state index in [1.807, 2.05) is 30.3 Å². The van der Waals surface area contributed by atoms with Crippen molar-refractivity contribution in [1.82, 2.24) is 5.32 Å². The lowest BCUT2D eigenvalue weighted by molar-refractivity contribution is 0.398. The second kappa shape index (κ2) is 8.80. The topological polar surface area (TPSA) is 30.5 Å². The molecular formula is C19H24ClNO2. The zero-order valence-electron chi connectivity index (χ0n) is 14.0. The Labute approximate surface area is 143 Å². The summed E-state index contributed by atoms with van der Waals surface area (Å²) in [6.07, 6.45) is 1.98. The van der Waals surface area contributed by atoms with Crippen LogP contribution in [0.25, 0.3) is 0 Å². The molecule has 2 aromatic carbocycles. The van der Waals surface area contributed by atoms with Gasteiger partial charge in [-0.3, -0.25) is 0 Å². The Hall–Kier alpha value is -1.71. The molecular weight excluding hydrogens is 310 g/mol. The van der Waals surface area contributed by atoms with Gasteiger partial charge in [-0.25, -0.2) is 0 Å². The van der Waals surface area contributed by atoms with Gasteiger partial charge in [0.05, 0.1) is 14.2 Å². The van der Waals surface area contributed by atoms with Crippen molar-refractivity contribution in [3.05, 3.63) is 58.1 Å². The maximum atomic E-state index is 6.08. The Morgan fingerprint density at radius 1 is 1.04 bits per heavy atom. The SMILES string of the molecule is COc1ccc(OC)c(CCCNCc2cc(C)cc(Cl)c2)c1. The molecule has 1 N–H and O–H groups in total. The molecule has 0 unspecified atom stereocenters. The average molecular weight is 334 g/mol. The molecule has 0 atom stereocenters. The van der Waals surface area contributed by atoms with E-state index in [2.05, 4.69) is 18.3 Å². The molecule has 0 aliphatic heterocycles. The van der Waals surface area contributed by atoms with Crippen LogP contribution < -0.4 is 14.8 Å². The van der Waals surface area contributed by atoms with Gasteiger partial charge < -0.3 is 14.8 Å². The first kappa shape index (κ1) is 17.6. The van der Waals surface area contributed by atoms with Crippen LogP contribution in [0.15, 0.2) is 36.4 Å². The zero-order valence-corrected chi connectivity index (χ0v) is 14.7. The van der Waals surface area contributed by atoms with Gasteiger partial charge in [0, 0.05) is 11.6 Å². The number of nitrogens with one attached hydrogen (secondary N) is 1. The fraction of sp³-hybridized carbons (Fsp3) is 0.368. The Bertz CT molecular complexity index is 623. The highest BCUT2D eigenvalue weighted by molar-refractivity contribution is 6.30. The average Bonchev–Trinajstić information content (AvgIpc) is 2.53. The van der Waals surface area contributed by atoms with Crippen LogP contribution in [-0.4, -0.2) is 20.8 Å². The van der Waals surface area contributed by atoms with Crippen LogP contribution in [0.2, 0.25) is 5.02 Å². The van der Waals surface area contributed by atoms with Gasteiger partial charge in [0.1, 0.15) is 11.5 Å². The highest BCUT2D eigenvalue weighted by Gasteiger charge is 2.05. The number of methoxy groups -OCH3 is 2. The monoisotopic (exact) mass is 333 g/mol. The molecule has 0 spiro atoms. The van der Waals surface area contributed by atoms with E-state index < -0.39 is 0 Å². The van der Waals surface area contributed by atoms with Crippen molar-refractivity contribution in [3.63, 3.8) is 0 Å². The molecule has 0 radical (unpaired) electrons. The lowest BCUT2D eigenvalue weighted by Gasteiger charge is -2.11. The molecule has 0 saturated heterocycles. The van der Waals surface area contributed by atoms with E-state index in [4.69, 9.17) is 21.1 Å². The molecule has 4 heteroatoms. The first-order valence-electron chi connectivity index (χ1n) is 7.80. The largest absolute Gasteiger partial charge is 0.497 e. The van der Waals surface area contributed by atoms with Crippen LogP contribution >= 0.6 is 11.6 Å². The summed E-state index contributed by atoms with van der Waals surface area (Å²) in [6.45, 7) is 3.83. The second-order valence-electron chi connectivity index (χ2n) is 5.59. The first-order valence-corrected chi connectivity index (χ1v) is 8.18.